The fraction of sp³-hybridized carbons (Fsp3) is 0.111. The van der Waals surface area contributed by atoms with E-state index in [1.165, 1.54) is 0 Å². The van der Waals surface area contributed by atoms with Crippen molar-refractivity contribution in [2.24, 2.45) is 5.73 Å². The van der Waals surface area contributed by atoms with Gasteiger partial charge >= 0.3 is 12.3 Å². The van der Waals surface area contributed by atoms with E-state index >= 15 is 0 Å². The quantitative estimate of drug-likeness (QED) is 0.737. The van der Waals surface area contributed by atoms with Crippen molar-refractivity contribution in [2.75, 3.05) is 4.90 Å². The number of carbonyl (C=O) groups excluding carboxylic acids is 1. The molecule has 0 saturated carbocycles. The van der Waals surface area contributed by atoms with Gasteiger partial charge in [0.05, 0.1) is 17.3 Å². The van der Waals surface area contributed by atoms with Gasteiger partial charge in [-0.25, -0.2) is 9.69 Å². The van der Waals surface area contributed by atoms with Gasteiger partial charge in [-0.1, -0.05) is 0 Å². The number of amides is 2. The number of hydrogen-bond donors (Lipinski definition) is 2. The largest absolute Gasteiger partial charge is 0.506 e. The number of alkyl halides is 3. The molecule has 0 unspecified atom stereocenters. The van der Waals surface area contributed by atoms with Gasteiger partial charge in [0, 0.05) is 0 Å². The molecule has 2 amide bonds. The van der Waals surface area contributed by atoms with Crippen molar-refractivity contribution >= 4 is 11.7 Å². The molecule has 0 aliphatic carbocycles. The Balaban J connectivity index is 3.31. The SMILES string of the molecule is N#Cc1ccc(N(C(N)=O)C(F)(F)F)c(O)c1. The molecule has 0 spiro atoms. The van der Waals surface area contributed by atoms with E-state index in [2.05, 4.69) is 5.73 Å². The van der Waals surface area contributed by atoms with Gasteiger partial charge in [-0.05, 0) is 18.2 Å². The first kappa shape index (κ1) is 12.6. The average Bonchev–Trinajstić information content (AvgIpc) is 2.18. The molecule has 0 heterocycles. The highest BCUT2D eigenvalue weighted by Crippen LogP contribution is 2.35. The minimum Gasteiger partial charge on any atom is -0.506 e. The van der Waals surface area contributed by atoms with Crippen molar-refractivity contribution in [3.63, 3.8) is 0 Å². The smallest absolute Gasteiger partial charge is 0.493 e. The Hall–Kier alpha value is -2.43. The summed E-state index contributed by atoms with van der Waals surface area (Å²) in [5.74, 6) is -0.861. The number of anilines is 1. The molecule has 0 atom stereocenters. The third-order valence-electron chi connectivity index (χ3n) is 1.82. The van der Waals surface area contributed by atoms with E-state index in [1.807, 2.05) is 0 Å². The maximum absolute atomic E-state index is 12.5. The van der Waals surface area contributed by atoms with Crippen molar-refractivity contribution in [3.05, 3.63) is 23.8 Å². The van der Waals surface area contributed by atoms with Gasteiger partial charge in [0.25, 0.3) is 0 Å². The van der Waals surface area contributed by atoms with Gasteiger partial charge in [0.2, 0.25) is 0 Å². The van der Waals surface area contributed by atoms with Gasteiger partial charge in [0.15, 0.2) is 0 Å². The third kappa shape index (κ3) is 2.57. The van der Waals surface area contributed by atoms with Crippen LogP contribution in [0.1, 0.15) is 5.56 Å². The number of aromatic hydroxyl groups is 1. The van der Waals surface area contributed by atoms with Crippen LogP contribution in [0.4, 0.5) is 23.7 Å². The van der Waals surface area contributed by atoms with Crippen molar-refractivity contribution in [1.29, 1.82) is 5.26 Å². The van der Waals surface area contributed by atoms with Crippen LogP contribution in [0.5, 0.6) is 5.75 Å². The van der Waals surface area contributed by atoms with Crippen molar-refractivity contribution < 1.29 is 23.1 Å². The minimum absolute atomic E-state index is 0.0437. The summed E-state index contributed by atoms with van der Waals surface area (Å²) in [5.41, 5.74) is 3.71. The summed E-state index contributed by atoms with van der Waals surface area (Å²) in [5, 5.41) is 17.8. The summed E-state index contributed by atoms with van der Waals surface area (Å²) < 4.78 is 37.4. The van der Waals surface area contributed by atoms with Crippen LogP contribution in [0.2, 0.25) is 0 Å². The molecule has 1 aromatic rings. The molecule has 0 aliphatic rings. The number of primary amides is 1. The molecule has 5 nitrogen and oxygen atoms in total. The number of nitriles is 1. The number of hydrogen-bond acceptors (Lipinski definition) is 3. The zero-order valence-corrected chi connectivity index (χ0v) is 8.19. The van der Waals surface area contributed by atoms with E-state index in [0.717, 1.165) is 18.2 Å². The lowest BCUT2D eigenvalue weighted by molar-refractivity contribution is -0.121. The minimum atomic E-state index is -5.06. The molecule has 0 saturated heterocycles. The van der Waals surface area contributed by atoms with E-state index in [9.17, 15) is 23.1 Å². The first-order valence-corrected chi connectivity index (χ1v) is 4.17. The number of benzene rings is 1. The van der Waals surface area contributed by atoms with Crippen LogP contribution in [0.15, 0.2) is 18.2 Å². The van der Waals surface area contributed by atoms with Gasteiger partial charge < -0.3 is 10.8 Å². The standard InChI is InChI=1S/C9H6F3N3O2/c10-9(11,12)15(8(14)17)6-2-1-5(4-13)3-7(6)16/h1-3,16H,(H2,14,17). The van der Waals surface area contributed by atoms with E-state index < -0.39 is 28.7 Å². The van der Waals surface area contributed by atoms with Crippen molar-refractivity contribution in [1.82, 2.24) is 0 Å². The molecule has 0 aliphatic heterocycles. The molecule has 0 aromatic heterocycles. The van der Waals surface area contributed by atoms with E-state index in [4.69, 9.17) is 5.26 Å². The van der Waals surface area contributed by atoms with Crippen LogP contribution in [0.25, 0.3) is 0 Å². The van der Waals surface area contributed by atoms with Gasteiger partial charge in [0.1, 0.15) is 5.75 Å². The summed E-state index contributed by atoms with van der Waals surface area (Å²) >= 11 is 0. The second kappa shape index (κ2) is 4.21. The number of rotatable bonds is 1. The zero-order chi connectivity index (χ0) is 13.2. The second-order valence-corrected chi connectivity index (χ2v) is 2.96. The zero-order valence-electron chi connectivity index (χ0n) is 8.19. The Kier molecular flexibility index (Phi) is 3.13. The van der Waals surface area contributed by atoms with Crippen LogP contribution in [-0.4, -0.2) is 17.4 Å². The molecule has 1 rings (SSSR count). The topological polar surface area (TPSA) is 90.4 Å². The summed E-state index contributed by atoms with van der Waals surface area (Å²) in [6.07, 6.45) is -5.06. The van der Waals surface area contributed by atoms with Gasteiger partial charge in [-0.2, -0.15) is 5.26 Å². The van der Waals surface area contributed by atoms with Crippen LogP contribution >= 0.6 is 0 Å². The number of nitrogens with two attached hydrogens (primary N) is 1. The average molecular weight is 245 g/mol. The molecular weight excluding hydrogens is 239 g/mol. The highest BCUT2D eigenvalue weighted by Gasteiger charge is 2.42. The highest BCUT2D eigenvalue weighted by atomic mass is 19.4. The number of urea groups is 1. The Morgan fingerprint density at radius 1 is 1.47 bits per heavy atom. The predicted molar refractivity (Wildman–Crippen MR) is 50.9 cm³/mol. The number of phenols is 1. The third-order valence-corrected chi connectivity index (χ3v) is 1.82. The van der Waals surface area contributed by atoms with E-state index in [1.54, 1.807) is 6.07 Å². The van der Waals surface area contributed by atoms with Crippen LogP contribution in [-0.2, 0) is 0 Å². The Labute approximate surface area is 93.5 Å². The highest BCUT2D eigenvalue weighted by molar-refractivity contribution is 5.93. The van der Waals surface area contributed by atoms with Crippen molar-refractivity contribution in [3.8, 4) is 11.8 Å². The number of halogens is 3. The monoisotopic (exact) mass is 245 g/mol. The maximum atomic E-state index is 12.5. The molecule has 8 heteroatoms. The van der Waals surface area contributed by atoms with E-state index in [-0.39, 0.29) is 5.56 Å². The molecule has 3 N–H and O–H groups in total. The Bertz CT molecular complexity index is 493. The molecule has 90 valence electrons. The van der Waals surface area contributed by atoms with Crippen LogP contribution < -0.4 is 10.6 Å². The van der Waals surface area contributed by atoms with Gasteiger partial charge in [-0.3, -0.25) is 0 Å². The summed E-state index contributed by atoms with van der Waals surface area (Å²) in [7, 11) is 0. The maximum Gasteiger partial charge on any atom is 0.493 e. The molecule has 0 radical (unpaired) electrons. The van der Waals surface area contributed by atoms with Crippen LogP contribution in [0, 0.1) is 11.3 Å². The molecule has 0 bridgehead atoms. The number of nitrogens with zero attached hydrogens (tertiary/aromatic N) is 2. The first-order valence-electron chi connectivity index (χ1n) is 4.17. The molecule has 0 fully saturated rings. The molecule has 1 aromatic carbocycles. The Morgan fingerprint density at radius 3 is 2.41 bits per heavy atom. The number of phenolic OH excluding ortho intramolecular Hbond substituents is 1. The van der Waals surface area contributed by atoms with Crippen molar-refractivity contribution in [2.45, 2.75) is 6.30 Å². The molecular formula is C9H6F3N3O2. The lowest BCUT2D eigenvalue weighted by atomic mass is 10.2. The lowest BCUT2D eigenvalue weighted by Gasteiger charge is -2.23. The van der Waals surface area contributed by atoms with Gasteiger partial charge in [-0.15, -0.1) is 13.2 Å². The Morgan fingerprint density at radius 2 is 2.06 bits per heavy atom. The fourth-order valence-corrected chi connectivity index (χ4v) is 1.16. The van der Waals surface area contributed by atoms with Crippen LogP contribution in [0.3, 0.4) is 0 Å². The lowest BCUT2D eigenvalue weighted by Crippen LogP contribution is -2.46. The first-order chi connectivity index (χ1) is 7.77. The normalized spacial score (nSPS) is 10.7. The second-order valence-electron chi connectivity index (χ2n) is 2.96. The fourth-order valence-electron chi connectivity index (χ4n) is 1.16. The molecule has 17 heavy (non-hydrogen) atoms. The van der Waals surface area contributed by atoms with E-state index in [0.29, 0.717) is 0 Å². The summed E-state index contributed by atoms with van der Waals surface area (Å²) in [6, 6.07) is 2.46. The summed E-state index contributed by atoms with van der Waals surface area (Å²) in [6.45, 7) is 0. The number of carbonyl (C=O) groups is 1. The summed E-state index contributed by atoms with van der Waals surface area (Å²) in [4.78, 5) is 9.99. The predicted octanol–water partition coefficient (Wildman–Crippen LogP) is 1.67.